The number of aromatic nitrogens is 2. The maximum atomic E-state index is 12.1. The van der Waals surface area contributed by atoms with Gasteiger partial charge in [-0.2, -0.15) is 4.98 Å². The second-order valence-corrected chi connectivity index (χ2v) is 6.49. The minimum atomic E-state index is -0.346. The molecular weight excluding hydrogens is 328 g/mol. The highest BCUT2D eigenvalue weighted by Crippen LogP contribution is 2.23. The van der Waals surface area contributed by atoms with Gasteiger partial charge in [0, 0.05) is 12.2 Å². The highest BCUT2D eigenvalue weighted by Gasteiger charge is 2.15. The van der Waals surface area contributed by atoms with E-state index in [1.54, 1.807) is 25.3 Å². The minimum Gasteiger partial charge on any atom is -0.462 e. The van der Waals surface area contributed by atoms with Crippen molar-refractivity contribution in [2.45, 2.75) is 51.5 Å². The average Bonchev–Trinajstić information content (AvgIpc) is 2.91. The van der Waals surface area contributed by atoms with Crippen molar-refractivity contribution in [2.24, 2.45) is 0 Å². The van der Waals surface area contributed by atoms with Crippen molar-refractivity contribution in [1.29, 1.82) is 0 Å². The summed E-state index contributed by atoms with van der Waals surface area (Å²) in [5.41, 5.74) is 1.16. The summed E-state index contributed by atoms with van der Waals surface area (Å²) in [6.45, 7) is 2.14. The van der Waals surface area contributed by atoms with Gasteiger partial charge in [0.2, 0.25) is 5.95 Å². The number of esters is 1. The maximum absolute atomic E-state index is 12.1. The number of para-hydroxylation sites is 1. The Bertz CT molecular complexity index is 727. The molecule has 3 rings (SSSR count). The Morgan fingerprint density at radius 1 is 1.15 bits per heavy atom. The van der Waals surface area contributed by atoms with Crippen LogP contribution in [0, 0.1) is 0 Å². The predicted octanol–water partition coefficient (Wildman–Crippen LogP) is 4.53. The summed E-state index contributed by atoms with van der Waals surface area (Å²) in [5.74, 6) is 0.921. The standard InChI is InChI=1S/C20H26N4O2/c1-2-26-19(25)16-11-7-8-12-17(16)23-18-13-14-21-20(24-18)22-15-9-5-3-4-6-10-15/h7-8,11-15H,2-6,9-10H2,1H3,(H2,21,22,23,24). The van der Waals surface area contributed by atoms with Gasteiger partial charge in [0.05, 0.1) is 17.9 Å². The largest absolute Gasteiger partial charge is 0.462 e. The summed E-state index contributed by atoms with van der Waals surface area (Å²) in [7, 11) is 0. The number of rotatable bonds is 6. The molecule has 2 aromatic rings. The zero-order chi connectivity index (χ0) is 18.2. The van der Waals surface area contributed by atoms with E-state index in [0.29, 0.717) is 35.7 Å². The van der Waals surface area contributed by atoms with Crippen molar-refractivity contribution in [2.75, 3.05) is 17.2 Å². The summed E-state index contributed by atoms with van der Waals surface area (Å²) in [5, 5.41) is 6.66. The summed E-state index contributed by atoms with van der Waals surface area (Å²) in [6.07, 6.45) is 9.17. The normalized spacial score (nSPS) is 15.1. The summed E-state index contributed by atoms with van der Waals surface area (Å²) >= 11 is 0. The van der Waals surface area contributed by atoms with Crippen molar-refractivity contribution in [3.05, 3.63) is 42.1 Å². The first-order valence-electron chi connectivity index (χ1n) is 9.39. The Hall–Kier alpha value is -2.63. The van der Waals surface area contributed by atoms with E-state index < -0.39 is 0 Å². The first kappa shape index (κ1) is 18.2. The molecule has 1 heterocycles. The summed E-state index contributed by atoms with van der Waals surface area (Å²) in [6, 6.07) is 9.49. The lowest BCUT2D eigenvalue weighted by atomic mass is 10.1. The molecule has 2 N–H and O–H groups in total. The van der Waals surface area contributed by atoms with Crippen molar-refractivity contribution >= 4 is 23.4 Å². The molecule has 0 unspecified atom stereocenters. The number of nitrogens with zero attached hydrogens (tertiary/aromatic N) is 2. The second-order valence-electron chi connectivity index (χ2n) is 6.49. The Morgan fingerprint density at radius 3 is 2.69 bits per heavy atom. The molecular formula is C20H26N4O2. The topological polar surface area (TPSA) is 76.1 Å². The second kappa shape index (κ2) is 9.17. The number of hydrogen-bond acceptors (Lipinski definition) is 6. The van der Waals surface area contributed by atoms with Crippen LogP contribution in [0.25, 0.3) is 0 Å². The lowest BCUT2D eigenvalue weighted by molar-refractivity contribution is 0.0527. The lowest BCUT2D eigenvalue weighted by Gasteiger charge is -2.17. The van der Waals surface area contributed by atoms with E-state index in [1.807, 2.05) is 18.2 Å². The first-order valence-corrected chi connectivity index (χ1v) is 9.39. The average molecular weight is 354 g/mol. The molecule has 1 fully saturated rings. The third kappa shape index (κ3) is 4.94. The van der Waals surface area contributed by atoms with Crippen LogP contribution >= 0.6 is 0 Å². The minimum absolute atomic E-state index is 0.343. The molecule has 1 saturated carbocycles. The molecule has 0 spiro atoms. The van der Waals surface area contributed by atoms with Gasteiger partial charge in [-0.05, 0) is 38.0 Å². The third-order valence-electron chi connectivity index (χ3n) is 4.53. The molecule has 0 bridgehead atoms. The SMILES string of the molecule is CCOC(=O)c1ccccc1Nc1ccnc(NC2CCCCCC2)n1. The van der Waals surface area contributed by atoms with Crippen LogP contribution in [0.15, 0.2) is 36.5 Å². The van der Waals surface area contributed by atoms with Gasteiger partial charge in [-0.15, -0.1) is 0 Å². The van der Waals surface area contributed by atoms with Crippen LogP contribution in [0.1, 0.15) is 55.8 Å². The zero-order valence-electron chi connectivity index (χ0n) is 15.2. The molecule has 1 aliphatic carbocycles. The molecule has 1 aromatic carbocycles. The van der Waals surface area contributed by atoms with Crippen LogP contribution in [0.3, 0.4) is 0 Å². The monoisotopic (exact) mass is 354 g/mol. The highest BCUT2D eigenvalue weighted by atomic mass is 16.5. The van der Waals surface area contributed by atoms with Crippen LogP contribution in [0.2, 0.25) is 0 Å². The highest BCUT2D eigenvalue weighted by molar-refractivity contribution is 5.96. The fourth-order valence-electron chi connectivity index (χ4n) is 3.22. The van der Waals surface area contributed by atoms with Crippen LogP contribution in [-0.2, 0) is 4.74 Å². The Kier molecular flexibility index (Phi) is 6.41. The summed E-state index contributed by atoms with van der Waals surface area (Å²) in [4.78, 5) is 21.0. The van der Waals surface area contributed by atoms with E-state index in [0.717, 1.165) is 12.8 Å². The molecule has 0 saturated heterocycles. The fourth-order valence-corrected chi connectivity index (χ4v) is 3.22. The number of nitrogens with one attached hydrogen (secondary N) is 2. The van der Waals surface area contributed by atoms with Crippen LogP contribution in [0.4, 0.5) is 17.5 Å². The molecule has 6 nitrogen and oxygen atoms in total. The van der Waals surface area contributed by atoms with Gasteiger partial charge in [0.15, 0.2) is 0 Å². The Labute approximate surface area is 154 Å². The van der Waals surface area contributed by atoms with E-state index in [-0.39, 0.29) is 5.97 Å². The van der Waals surface area contributed by atoms with E-state index in [1.165, 1.54) is 25.7 Å². The number of ether oxygens (including phenoxy) is 1. The van der Waals surface area contributed by atoms with Crippen molar-refractivity contribution in [3.8, 4) is 0 Å². The van der Waals surface area contributed by atoms with Crippen LogP contribution in [-0.4, -0.2) is 28.6 Å². The third-order valence-corrected chi connectivity index (χ3v) is 4.53. The van der Waals surface area contributed by atoms with Gasteiger partial charge in [0.1, 0.15) is 5.82 Å². The van der Waals surface area contributed by atoms with Gasteiger partial charge in [0.25, 0.3) is 0 Å². The molecule has 138 valence electrons. The van der Waals surface area contributed by atoms with Crippen molar-refractivity contribution in [3.63, 3.8) is 0 Å². The first-order chi connectivity index (χ1) is 12.8. The van der Waals surface area contributed by atoms with Gasteiger partial charge < -0.3 is 15.4 Å². The molecule has 0 radical (unpaired) electrons. The number of carbonyl (C=O) groups is 1. The number of hydrogen-bond donors (Lipinski definition) is 2. The quantitative estimate of drug-likeness (QED) is 0.586. The molecule has 0 amide bonds. The summed E-state index contributed by atoms with van der Waals surface area (Å²) < 4.78 is 5.12. The number of anilines is 3. The van der Waals surface area contributed by atoms with Gasteiger partial charge in [-0.3, -0.25) is 0 Å². The van der Waals surface area contributed by atoms with E-state index in [4.69, 9.17) is 4.74 Å². The van der Waals surface area contributed by atoms with Crippen LogP contribution in [0.5, 0.6) is 0 Å². The molecule has 0 aliphatic heterocycles. The zero-order valence-corrected chi connectivity index (χ0v) is 15.2. The number of benzene rings is 1. The number of carbonyl (C=O) groups excluding carboxylic acids is 1. The molecule has 6 heteroatoms. The maximum Gasteiger partial charge on any atom is 0.340 e. The Balaban J connectivity index is 1.72. The smallest absolute Gasteiger partial charge is 0.340 e. The van der Waals surface area contributed by atoms with E-state index in [9.17, 15) is 4.79 Å². The molecule has 26 heavy (non-hydrogen) atoms. The van der Waals surface area contributed by atoms with Crippen molar-refractivity contribution in [1.82, 2.24) is 9.97 Å². The van der Waals surface area contributed by atoms with E-state index in [2.05, 4.69) is 20.6 Å². The van der Waals surface area contributed by atoms with Gasteiger partial charge >= 0.3 is 5.97 Å². The molecule has 1 aliphatic rings. The lowest BCUT2D eigenvalue weighted by Crippen LogP contribution is -2.20. The van der Waals surface area contributed by atoms with Gasteiger partial charge in [-0.25, -0.2) is 9.78 Å². The molecule has 1 aromatic heterocycles. The van der Waals surface area contributed by atoms with Crippen molar-refractivity contribution < 1.29 is 9.53 Å². The predicted molar refractivity (Wildman–Crippen MR) is 103 cm³/mol. The Morgan fingerprint density at radius 2 is 1.92 bits per heavy atom. The van der Waals surface area contributed by atoms with E-state index >= 15 is 0 Å². The van der Waals surface area contributed by atoms with Crippen LogP contribution < -0.4 is 10.6 Å². The van der Waals surface area contributed by atoms with Gasteiger partial charge in [-0.1, -0.05) is 37.8 Å². The fraction of sp³-hybridized carbons (Fsp3) is 0.450. The molecule has 0 atom stereocenters.